The van der Waals surface area contributed by atoms with Crippen LogP contribution in [0.2, 0.25) is 0 Å². The first-order chi connectivity index (χ1) is 9.96. The summed E-state index contributed by atoms with van der Waals surface area (Å²) in [7, 11) is -3.70. The Hall–Kier alpha value is -1.02. The summed E-state index contributed by atoms with van der Waals surface area (Å²) in [6.07, 6.45) is 1.75. The summed E-state index contributed by atoms with van der Waals surface area (Å²) in [6.45, 7) is 4.08. The van der Waals surface area contributed by atoms with Crippen LogP contribution in [-0.2, 0) is 16.6 Å². The van der Waals surface area contributed by atoms with Crippen molar-refractivity contribution in [3.05, 3.63) is 29.6 Å². The molecule has 0 aliphatic carbocycles. The smallest absolute Gasteiger partial charge is 0.240 e. The number of nitrogens with one attached hydrogen (secondary N) is 1. The Labute approximate surface area is 124 Å². The van der Waals surface area contributed by atoms with Crippen LogP contribution >= 0.6 is 0 Å². The van der Waals surface area contributed by atoms with E-state index in [1.165, 1.54) is 12.1 Å². The van der Waals surface area contributed by atoms with E-state index < -0.39 is 22.4 Å². The Morgan fingerprint density at radius 3 is 2.90 bits per heavy atom. The number of aliphatic hydroxyl groups excluding tert-OH is 1. The van der Waals surface area contributed by atoms with Gasteiger partial charge in [0.1, 0.15) is 5.82 Å². The zero-order valence-corrected chi connectivity index (χ0v) is 12.9. The molecule has 21 heavy (non-hydrogen) atoms. The van der Waals surface area contributed by atoms with Crippen LogP contribution in [0.4, 0.5) is 4.39 Å². The zero-order chi connectivity index (χ0) is 15.5. The maximum Gasteiger partial charge on any atom is 0.240 e. The Morgan fingerprint density at radius 1 is 1.48 bits per heavy atom. The second-order valence-corrected chi connectivity index (χ2v) is 6.98. The molecule has 1 aliphatic heterocycles. The molecule has 7 heteroatoms. The average Bonchev–Trinajstić information content (AvgIpc) is 2.47. The van der Waals surface area contributed by atoms with E-state index in [2.05, 4.69) is 9.62 Å². The molecule has 1 heterocycles. The lowest BCUT2D eigenvalue weighted by molar-refractivity contribution is 0.211. The van der Waals surface area contributed by atoms with Crippen molar-refractivity contribution in [2.45, 2.75) is 37.3 Å². The Bertz CT molecular complexity index is 592. The van der Waals surface area contributed by atoms with Crippen LogP contribution in [-0.4, -0.2) is 44.1 Å². The lowest BCUT2D eigenvalue weighted by Gasteiger charge is -2.32. The van der Waals surface area contributed by atoms with Gasteiger partial charge in [0, 0.05) is 18.2 Å². The SMILES string of the molecule is CCN1CCCC(NS(=O)(=O)c2ccc(F)c(CO)c2)C1. The molecule has 118 valence electrons. The summed E-state index contributed by atoms with van der Waals surface area (Å²) in [6, 6.07) is 3.33. The van der Waals surface area contributed by atoms with Gasteiger partial charge in [0.05, 0.1) is 11.5 Å². The normalized spacial score (nSPS) is 20.6. The van der Waals surface area contributed by atoms with Gasteiger partial charge in [-0.3, -0.25) is 0 Å². The van der Waals surface area contributed by atoms with Crippen molar-refractivity contribution >= 4 is 10.0 Å². The van der Waals surface area contributed by atoms with Crippen LogP contribution in [0.1, 0.15) is 25.3 Å². The van der Waals surface area contributed by atoms with Gasteiger partial charge in [0.15, 0.2) is 0 Å². The molecule has 0 aromatic heterocycles. The molecule has 0 spiro atoms. The highest BCUT2D eigenvalue weighted by Crippen LogP contribution is 2.17. The fourth-order valence-electron chi connectivity index (χ4n) is 2.57. The number of hydrogen-bond acceptors (Lipinski definition) is 4. The van der Waals surface area contributed by atoms with Gasteiger partial charge in [-0.05, 0) is 44.1 Å². The van der Waals surface area contributed by atoms with E-state index >= 15 is 0 Å². The van der Waals surface area contributed by atoms with Gasteiger partial charge in [0.2, 0.25) is 10.0 Å². The maximum atomic E-state index is 13.3. The number of benzene rings is 1. The monoisotopic (exact) mass is 316 g/mol. The van der Waals surface area contributed by atoms with Gasteiger partial charge in [-0.15, -0.1) is 0 Å². The maximum absolute atomic E-state index is 13.3. The molecule has 1 aromatic rings. The first-order valence-electron chi connectivity index (χ1n) is 7.10. The van der Waals surface area contributed by atoms with Gasteiger partial charge < -0.3 is 10.0 Å². The highest BCUT2D eigenvalue weighted by Gasteiger charge is 2.25. The minimum absolute atomic E-state index is 0.0124. The Morgan fingerprint density at radius 2 is 2.24 bits per heavy atom. The predicted octanol–water partition coefficient (Wildman–Crippen LogP) is 1.08. The molecule has 0 amide bonds. The van der Waals surface area contributed by atoms with Crippen LogP contribution in [0.15, 0.2) is 23.1 Å². The van der Waals surface area contributed by atoms with E-state index in [4.69, 9.17) is 5.11 Å². The number of piperidine rings is 1. The number of likely N-dealkylation sites (N-methyl/N-ethyl adjacent to an activating group) is 1. The summed E-state index contributed by atoms with van der Waals surface area (Å²) >= 11 is 0. The topological polar surface area (TPSA) is 69.6 Å². The van der Waals surface area contributed by atoms with Gasteiger partial charge in [0.25, 0.3) is 0 Å². The second kappa shape index (κ2) is 6.83. The number of rotatable bonds is 5. The number of nitrogens with zero attached hydrogens (tertiary/aromatic N) is 1. The van der Waals surface area contributed by atoms with Crippen molar-refractivity contribution < 1.29 is 17.9 Å². The molecule has 1 aliphatic rings. The van der Waals surface area contributed by atoms with E-state index in [1.54, 1.807) is 0 Å². The van der Waals surface area contributed by atoms with Crippen LogP contribution in [0, 0.1) is 5.82 Å². The highest BCUT2D eigenvalue weighted by molar-refractivity contribution is 7.89. The van der Waals surface area contributed by atoms with E-state index in [1.807, 2.05) is 6.92 Å². The molecule has 1 unspecified atom stereocenters. The number of hydrogen-bond donors (Lipinski definition) is 2. The fourth-order valence-corrected chi connectivity index (χ4v) is 3.88. The second-order valence-electron chi connectivity index (χ2n) is 5.26. The van der Waals surface area contributed by atoms with Gasteiger partial charge in [-0.1, -0.05) is 6.92 Å². The number of likely N-dealkylation sites (tertiary alicyclic amines) is 1. The van der Waals surface area contributed by atoms with E-state index in [-0.39, 0.29) is 16.5 Å². The third-order valence-electron chi connectivity index (χ3n) is 3.77. The van der Waals surface area contributed by atoms with Crippen molar-refractivity contribution in [2.24, 2.45) is 0 Å². The van der Waals surface area contributed by atoms with Crippen molar-refractivity contribution in [1.82, 2.24) is 9.62 Å². The predicted molar refractivity (Wildman–Crippen MR) is 77.8 cm³/mol. The lowest BCUT2D eigenvalue weighted by Crippen LogP contribution is -2.47. The molecule has 0 radical (unpaired) electrons. The molecule has 1 aromatic carbocycles. The molecule has 1 saturated heterocycles. The van der Waals surface area contributed by atoms with Gasteiger partial charge in [-0.25, -0.2) is 17.5 Å². The number of aliphatic hydroxyl groups is 1. The molecule has 2 N–H and O–H groups in total. The largest absolute Gasteiger partial charge is 0.392 e. The number of halogens is 1. The summed E-state index contributed by atoms with van der Waals surface area (Å²) in [5, 5.41) is 9.03. The average molecular weight is 316 g/mol. The molecule has 2 rings (SSSR count). The fraction of sp³-hybridized carbons (Fsp3) is 0.571. The summed E-state index contributed by atoms with van der Waals surface area (Å²) in [4.78, 5) is 2.18. The quantitative estimate of drug-likeness (QED) is 0.853. The van der Waals surface area contributed by atoms with Crippen molar-refractivity contribution in [3.8, 4) is 0 Å². The highest BCUT2D eigenvalue weighted by atomic mass is 32.2. The zero-order valence-electron chi connectivity index (χ0n) is 12.0. The standard InChI is InChI=1S/C14H21FN2O3S/c1-2-17-7-3-4-12(9-17)16-21(19,20)13-5-6-14(15)11(8-13)10-18/h5-6,8,12,16,18H,2-4,7,9-10H2,1H3. The van der Waals surface area contributed by atoms with Crippen LogP contribution in [0.3, 0.4) is 0 Å². The third-order valence-corrected chi connectivity index (χ3v) is 5.29. The lowest BCUT2D eigenvalue weighted by atomic mass is 10.1. The summed E-state index contributed by atoms with van der Waals surface area (Å²) < 4.78 is 40.7. The van der Waals surface area contributed by atoms with Gasteiger partial charge in [-0.2, -0.15) is 0 Å². The first-order valence-corrected chi connectivity index (χ1v) is 8.58. The molecular formula is C14H21FN2O3S. The molecule has 1 atom stereocenters. The van der Waals surface area contributed by atoms with E-state index in [0.717, 1.165) is 32.0 Å². The molecular weight excluding hydrogens is 295 g/mol. The third kappa shape index (κ3) is 4.00. The van der Waals surface area contributed by atoms with Crippen LogP contribution < -0.4 is 4.72 Å². The number of sulfonamides is 1. The van der Waals surface area contributed by atoms with E-state index in [9.17, 15) is 12.8 Å². The molecule has 1 fully saturated rings. The molecule has 0 saturated carbocycles. The Kier molecular flexibility index (Phi) is 5.32. The summed E-state index contributed by atoms with van der Waals surface area (Å²) in [5.41, 5.74) is -0.0169. The first kappa shape index (κ1) is 16.4. The van der Waals surface area contributed by atoms with Crippen molar-refractivity contribution in [3.63, 3.8) is 0 Å². The molecule has 5 nitrogen and oxygen atoms in total. The van der Waals surface area contributed by atoms with Crippen molar-refractivity contribution in [2.75, 3.05) is 19.6 Å². The van der Waals surface area contributed by atoms with Crippen molar-refractivity contribution in [1.29, 1.82) is 0 Å². The molecule has 0 bridgehead atoms. The van der Waals surface area contributed by atoms with Crippen LogP contribution in [0.25, 0.3) is 0 Å². The minimum atomic E-state index is -3.70. The minimum Gasteiger partial charge on any atom is -0.392 e. The van der Waals surface area contributed by atoms with E-state index in [0.29, 0.717) is 6.54 Å². The van der Waals surface area contributed by atoms with Gasteiger partial charge >= 0.3 is 0 Å². The summed E-state index contributed by atoms with van der Waals surface area (Å²) in [5.74, 6) is -0.605. The van der Waals surface area contributed by atoms with Crippen LogP contribution in [0.5, 0.6) is 0 Å². The Balaban J connectivity index is 2.14.